The Balaban J connectivity index is 1.90. The van der Waals surface area contributed by atoms with E-state index in [2.05, 4.69) is 6.07 Å². The molecule has 1 aliphatic rings. The van der Waals surface area contributed by atoms with Crippen LogP contribution in [0.15, 0.2) is 30.3 Å². The van der Waals surface area contributed by atoms with Gasteiger partial charge in [0.2, 0.25) is 0 Å². The summed E-state index contributed by atoms with van der Waals surface area (Å²) < 4.78 is 24.3. The largest absolute Gasteiger partial charge is 0.494 e. The summed E-state index contributed by atoms with van der Waals surface area (Å²) in [6.07, 6.45) is 4.66. The van der Waals surface area contributed by atoms with E-state index in [1.54, 1.807) is 0 Å². The van der Waals surface area contributed by atoms with Gasteiger partial charge in [-0.05, 0) is 48.9 Å². The van der Waals surface area contributed by atoms with Gasteiger partial charge in [-0.2, -0.15) is 0 Å². The van der Waals surface area contributed by atoms with E-state index < -0.39 is 5.82 Å². The molecule has 4 heteroatoms. The average molecular weight is 287 g/mol. The summed E-state index contributed by atoms with van der Waals surface area (Å²) in [6.45, 7) is 0. The van der Waals surface area contributed by atoms with Crippen molar-refractivity contribution in [3.05, 3.63) is 47.3 Å². The number of methoxy groups -OCH3 is 1. The summed E-state index contributed by atoms with van der Waals surface area (Å²) in [5, 5.41) is 0. The van der Waals surface area contributed by atoms with Gasteiger partial charge >= 0.3 is 0 Å². The first kappa shape index (κ1) is 13.7. The Morgan fingerprint density at radius 2 is 1.76 bits per heavy atom. The van der Waals surface area contributed by atoms with Crippen LogP contribution in [0.3, 0.4) is 0 Å². The van der Waals surface area contributed by atoms with Crippen LogP contribution in [-0.2, 0) is 12.8 Å². The number of ether oxygens (including phenoxy) is 2. The Labute approximate surface area is 123 Å². The van der Waals surface area contributed by atoms with Crippen molar-refractivity contribution < 1.29 is 13.9 Å². The maximum Gasteiger partial charge on any atom is 0.167 e. The van der Waals surface area contributed by atoms with Crippen LogP contribution in [0.4, 0.5) is 10.1 Å². The smallest absolute Gasteiger partial charge is 0.167 e. The number of nitrogen functional groups attached to an aromatic ring is 1. The summed E-state index contributed by atoms with van der Waals surface area (Å²) in [5.41, 5.74) is 8.78. The maximum absolute atomic E-state index is 13.5. The molecule has 0 heterocycles. The fourth-order valence-corrected chi connectivity index (χ4v) is 2.70. The molecular formula is C17H18FNO2. The zero-order valence-corrected chi connectivity index (χ0v) is 12.0. The predicted octanol–water partition coefficient (Wildman–Crippen LogP) is 4.09. The Morgan fingerprint density at radius 3 is 2.52 bits per heavy atom. The number of aryl methyl sites for hydroxylation is 2. The molecule has 3 rings (SSSR count). The minimum absolute atomic E-state index is 0.122. The zero-order chi connectivity index (χ0) is 14.8. The SMILES string of the molecule is COc1cc(Oc2ccc3c(c2)CCCC3)c(N)cc1F. The molecule has 0 atom stereocenters. The lowest BCUT2D eigenvalue weighted by Crippen LogP contribution is -2.02. The number of halogens is 1. The highest BCUT2D eigenvalue weighted by Crippen LogP contribution is 2.34. The van der Waals surface area contributed by atoms with E-state index in [0.29, 0.717) is 5.75 Å². The summed E-state index contributed by atoms with van der Waals surface area (Å²) >= 11 is 0. The molecule has 0 saturated heterocycles. The second-order valence-electron chi connectivity index (χ2n) is 5.26. The van der Waals surface area contributed by atoms with Gasteiger partial charge in [0, 0.05) is 12.1 Å². The second-order valence-corrected chi connectivity index (χ2v) is 5.26. The van der Waals surface area contributed by atoms with Crippen molar-refractivity contribution in [2.45, 2.75) is 25.7 Å². The number of rotatable bonds is 3. The van der Waals surface area contributed by atoms with Crippen molar-refractivity contribution in [2.24, 2.45) is 0 Å². The average Bonchev–Trinajstić information content (AvgIpc) is 2.50. The minimum atomic E-state index is -0.493. The second kappa shape index (κ2) is 5.64. The monoisotopic (exact) mass is 287 g/mol. The number of nitrogens with two attached hydrogens (primary N) is 1. The van der Waals surface area contributed by atoms with Crippen LogP contribution in [0.1, 0.15) is 24.0 Å². The Hall–Kier alpha value is -2.23. The maximum atomic E-state index is 13.5. The molecule has 0 amide bonds. The van der Waals surface area contributed by atoms with E-state index in [1.165, 1.54) is 43.2 Å². The van der Waals surface area contributed by atoms with Gasteiger partial charge in [-0.3, -0.25) is 0 Å². The van der Waals surface area contributed by atoms with Crippen LogP contribution in [0.2, 0.25) is 0 Å². The molecule has 21 heavy (non-hydrogen) atoms. The van der Waals surface area contributed by atoms with Crippen LogP contribution < -0.4 is 15.2 Å². The third kappa shape index (κ3) is 2.79. The third-order valence-electron chi connectivity index (χ3n) is 3.83. The van der Waals surface area contributed by atoms with Crippen molar-refractivity contribution in [1.82, 2.24) is 0 Å². The van der Waals surface area contributed by atoms with E-state index in [9.17, 15) is 4.39 Å². The van der Waals surface area contributed by atoms with Gasteiger partial charge in [0.15, 0.2) is 17.3 Å². The normalized spacial score (nSPS) is 13.6. The van der Waals surface area contributed by atoms with Crippen LogP contribution in [0, 0.1) is 5.82 Å². The van der Waals surface area contributed by atoms with Crippen LogP contribution >= 0.6 is 0 Å². The molecule has 0 fully saturated rings. The molecule has 0 radical (unpaired) electrons. The summed E-state index contributed by atoms with van der Waals surface area (Å²) in [7, 11) is 1.41. The quantitative estimate of drug-likeness (QED) is 0.865. The predicted molar refractivity (Wildman–Crippen MR) is 80.5 cm³/mol. The van der Waals surface area contributed by atoms with Gasteiger partial charge in [-0.15, -0.1) is 0 Å². The van der Waals surface area contributed by atoms with Crippen LogP contribution in [-0.4, -0.2) is 7.11 Å². The summed E-state index contributed by atoms with van der Waals surface area (Å²) in [4.78, 5) is 0. The molecule has 110 valence electrons. The molecule has 1 aliphatic carbocycles. The third-order valence-corrected chi connectivity index (χ3v) is 3.83. The molecule has 0 bridgehead atoms. The van der Waals surface area contributed by atoms with E-state index >= 15 is 0 Å². The van der Waals surface area contributed by atoms with Gasteiger partial charge in [-0.25, -0.2) is 4.39 Å². The number of fused-ring (bicyclic) bond motifs is 1. The molecular weight excluding hydrogens is 269 g/mol. The van der Waals surface area contributed by atoms with Gasteiger partial charge < -0.3 is 15.2 Å². The molecule has 0 aromatic heterocycles. The first-order valence-corrected chi connectivity index (χ1v) is 7.10. The lowest BCUT2D eigenvalue weighted by Gasteiger charge is -2.17. The Kier molecular flexibility index (Phi) is 3.69. The first-order valence-electron chi connectivity index (χ1n) is 7.10. The Morgan fingerprint density at radius 1 is 1.00 bits per heavy atom. The highest BCUT2D eigenvalue weighted by molar-refractivity contribution is 5.58. The summed E-state index contributed by atoms with van der Waals surface area (Å²) in [6, 6.07) is 8.76. The van der Waals surface area contributed by atoms with Gasteiger partial charge in [0.1, 0.15) is 5.75 Å². The fourth-order valence-electron chi connectivity index (χ4n) is 2.70. The van der Waals surface area contributed by atoms with Crippen molar-refractivity contribution >= 4 is 5.69 Å². The number of anilines is 1. The molecule has 0 spiro atoms. The highest BCUT2D eigenvalue weighted by Gasteiger charge is 2.13. The highest BCUT2D eigenvalue weighted by atomic mass is 19.1. The number of hydrogen-bond acceptors (Lipinski definition) is 3. The zero-order valence-electron chi connectivity index (χ0n) is 12.0. The molecule has 2 aromatic rings. The van der Waals surface area contributed by atoms with Crippen molar-refractivity contribution in [1.29, 1.82) is 0 Å². The number of benzene rings is 2. The Bertz CT molecular complexity index is 670. The first-order chi connectivity index (χ1) is 10.2. The lowest BCUT2D eigenvalue weighted by molar-refractivity contribution is 0.382. The van der Waals surface area contributed by atoms with E-state index in [1.807, 2.05) is 12.1 Å². The van der Waals surface area contributed by atoms with Gasteiger partial charge in [0.25, 0.3) is 0 Å². The minimum Gasteiger partial charge on any atom is -0.494 e. The fraction of sp³-hybridized carbons (Fsp3) is 0.294. The molecule has 2 N–H and O–H groups in total. The lowest BCUT2D eigenvalue weighted by atomic mass is 9.92. The molecule has 2 aromatic carbocycles. The van der Waals surface area contributed by atoms with Crippen molar-refractivity contribution in [3.8, 4) is 17.2 Å². The van der Waals surface area contributed by atoms with Gasteiger partial charge in [-0.1, -0.05) is 6.07 Å². The molecule has 0 saturated carbocycles. The number of hydrogen-bond donors (Lipinski definition) is 1. The molecule has 3 nitrogen and oxygen atoms in total. The van der Waals surface area contributed by atoms with E-state index in [-0.39, 0.29) is 11.4 Å². The summed E-state index contributed by atoms with van der Waals surface area (Å²) in [5.74, 6) is 0.755. The van der Waals surface area contributed by atoms with Gasteiger partial charge in [0.05, 0.1) is 12.8 Å². The van der Waals surface area contributed by atoms with Crippen LogP contribution in [0.5, 0.6) is 17.2 Å². The van der Waals surface area contributed by atoms with E-state index in [4.69, 9.17) is 15.2 Å². The topological polar surface area (TPSA) is 44.5 Å². The molecule has 0 unspecified atom stereocenters. The van der Waals surface area contributed by atoms with Crippen molar-refractivity contribution in [3.63, 3.8) is 0 Å². The molecule has 0 aliphatic heterocycles. The standard InChI is InChI=1S/C17H18FNO2/c1-20-16-10-17(15(19)9-14(16)18)21-13-7-6-11-4-2-3-5-12(11)8-13/h6-10H,2-5,19H2,1H3. The van der Waals surface area contributed by atoms with Crippen LogP contribution in [0.25, 0.3) is 0 Å². The van der Waals surface area contributed by atoms with E-state index in [0.717, 1.165) is 18.6 Å². The van der Waals surface area contributed by atoms with Crippen molar-refractivity contribution in [2.75, 3.05) is 12.8 Å².